The van der Waals surface area contributed by atoms with Gasteiger partial charge in [0.2, 0.25) is 0 Å². The second kappa shape index (κ2) is 7.63. The van der Waals surface area contributed by atoms with Crippen molar-refractivity contribution in [1.82, 2.24) is 20.3 Å². The Labute approximate surface area is 161 Å². The molecule has 0 saturated carbocycles. The van der Waals surface area contributed by atoms with Crippen LogP contribution in [-0.4, -0.2) is 47.6 Å². The van der Waals surface area contributed by atoms with E-state index in [1.165, 1.54) is 0 Å². The molecule has 3 aromatic rings. The fourth-order valence-electron chi connectivity index (χ4n) is 3.38. The van der Waals surface area contributed by atoms with E-state index < -0.39 is 11.8 Å². The lowest BCUT2D eigenvalue weighted by molar-refractivity contribution is -0.0728. The van der Waals surface area contributed by atoms with E-state index >= 15 is 0 Å². The van der Waals surface area contributed by atoms with Gasteiger partial charge in [0.1, 0.15) is 5.52 Å². The number of nitrogens with one attached hydrogen (secondary N) is 3. The van der Waals surface area contributed by atoms with E-state index in [1.54, 1.807) is 12.4 Å². The Morgan fingerprint density at radius 1 is 1.18 bits per heavy atom. The molecule has 6 nitrogen and oxygen atoms in total. The molecule has 0 amide bonds. The summed E-state index contributed by atoms with van der Waals surface area (Å²) in [5.74, 6) is -3.02. The fourth-order valence-corrected chi connectivity index (χ4v) is 3.38. The second-order valence-electron chi connectivity index (χ2n) is 6.90. The monoisotopic (exact) mass is 384 g/mol. The van der Waals surface area contributed by atoms with Gasteiger partial charge in [0, 0.05) is 56.7 Å². The van der Waals surface area contributed by atoms with Crippen LogP contribution in [0.1, 0.15) is 6.42 Å². The maximum absolute atomic E-state index is 14.2. The van der Waals surface area contributed by atoms with E-state index in [1.807, 2.05) is 37.4 Å². The highest BCUT2D eigenvalue weighted by atomic mass is 19.3. The number of piperidine rings is 1. The van der Waals surface area contributed by atoms with Gasteiger partial charge in [0.25, 0.3) is 5.92 Å². The van der Waals surface area contributed by atoms with Crippen molar-refractivity contribution in [2.75, 3.05) is 37.3 Å². The molecule has 1 aliphatic rings. The molecule has 28 heavy (non-hydrogen) atoms. The van der Waals surface area contributed by atoms with Crippen molar-refractivity contribution in [1.29, 1.82) is 0 Å². The minimum absolute atomic E-state index is 0.112. The quantitative estimate of drug-likeness (QED) is 0.626. The van der Waals surface area contributed by atoms with Crippen LogP contribution in [0.2, 0.25) is 0 Å². The average molecular weight is 384 g/mol. The summed E-state index contributed by atoms with van der Waals surface area (Å²) < 4.78 is 28.3. The molecule has 1 aliphatic heterocycles. The van der Waals surface area contributed by atoms with Crippen molar-refractivity contribution < 1.29 is 8.78 Å². The lowest BCUT2D eigenvalue weighted by Crippen LogP contribution is -2.47. The number of alkyl halides is 2. The number of halogens is 2. The molecule has 2 aromatic heterocycles. The van der Waals surface area contributed by atoms with Crippen molar-refractivity contribution in [2.24, 2.45) is 5.92 Å². The smallest absolute Gasteiger partial charge is 0.255 e. The van der Waals surface area contributed by atoms with Gasteiger partial charge in [-0.15, -0.1) is 0 Å². The second-order valence-corrected chi connectivity index (χ2v) is 6.90. The zero-order valence-electron chi connectivity index (χ0n) is 15.5. The molecule has 0 aliphatic carbocycles. The van der Waals surface area contributed by atoms with E-state index in [0.717, 1.165) is 11.3 Å². The first kappa shape index (κ1) is 18.5. The van der Waals surface area contributed by atoms with Gasteiger partial charge in [0.05, 0.1) is 17.1 Å². The number of hydrogen-bond acceptors (Lipinski definition) is 6. The Hall–Kier alpha value is -2.87. The first-order valence-electron chi connectivity index (χ1n) is 9.29. The van der Waals surface area contributed by atoms with Crippen LogP contribution in [0.15, 0.2) is 42.7 Å². The molecule has 1 fully saturated rings. The first-order chi connectivity index (χ1) is 13.6. The molecule has 3 heterocycles. The predicted octanol–water partition coefficient (Wildman–Crippen LogP) is 3.39. The van der Waals surface area contributed by atoms with Crippen LogP contribution in [-0.2, 0) is 0 Å². The van der Waals surface area contributed by atoms with Gasteiger partial charge in [-0.25, -0.2) is 18.7 Å². The first-order valence-corrected chi connectivity index (χ1v) is 9.29. The molecule has 146 valence electrons. The van der Waals surface area contributed by atoms with Gasteiger partial charge < -0.3 is 16.0 Å². The van der Waals surface area contributed by atoms with Crippen molar-refractivity contribution >= 4 is 22.5 Å². The zero-order chi connectivity index (χ0) is 19.6. The van der Waals surface area contributed by atoms with Gasteiger partial charge in [-0.3, -0.25) is 4.98 Å². The Kier molecular flexibility index (Phi) is 5.04. The van der Waals surface area contributed by atoms with Gasteiger partial charge >= 0.3 is 0 Å². The summed E-state index contributed by atoms with van der Waals surface area (Å²) in [5.41, 5.74) is 3.87. The SMILES string of the molecule is CNc1ccc(-c2cc3nccnc3c(NC[C@H]3CNCCC3(F)F)n2)cc1. The normalized spacial score (nSPS) is 18.8. The van der Waals surface area contributed by atoms with Crippen molar-refractivity contribution in [3.05, 3.63) is 42.7 Å². The highest BCUT2D eigenvalue weighted by molar-refractivity contribution is 5.88. The van der Waals surface area contributed by atoms with Crippen LogP contribution < -0.4 is 16.0 Å². The third-order valence-electron chi connectivity index (χ3n) is 5.06. The summed E-state index contributed by atoms with van der Waals surface area (Å²) in [4.78, 5) is 13.4. The molecule has 0 unspecified atom stereocenters. The number of rotatable bonds is 5. The number of aromatic nitrogens is 3. The summed E-state index contributed by atoms with van der Waals surface area (Å²) in [5, 5.41) is 9.22. The molecule has 0 spiro atoms. The molecule has 3 N–H and O–H groups in total. The summed E-state index contributed by atoms with van der Waals surface area (Å²) in [6, 6.07) is 9.69. The van der Waals surface area contributed by atoms with Crippen molar-refractivity contribution in [2.45, 2.75) is 12.3 Å². The van der Waals surface area contributed by atoms with Crippen LogP contribution in [0.3, 0.4) is 0 Å². The van der Waals surface area contributed by atoms with Gasteiger partial charge in [-0.1, -0.05) is 12.1 Å². The largest absolute Gasteiger partial charge is 0.388 e. The van der Waals surface area contributed by atoms with E-state index in [0.29, 0.717) is 29.1 Å². The number of nitrogens with zero attached hydrogens (tertiary/aromatic N) is 3. The topological polar surface area (TPSA) is 74.8 Å². The molecule has 1 aromatic carbocycles. The summed E-state index contributed by atoms with van der Waals surface area (Å²) >= 11 is 0. The molecular formula is C20H22F2N6. The minimum atomic E-state index is -2.69. The Bertz CT molecular complexity index is 961. The van der Waals surface area contributed by atoms with Crippen LogP contribution >= 0.6 is 0 Å². The van der Waals surface area contributed by atoms with Crippen molar-refractivity contribution in [3.63, 3.8) is 0 Å². The van der Waals surface area contributed by atoms with Gasteiger partial charge in [-0.05, 0) is 18.2 Å². The Morgan fingerprint density at radius 2 is 1.96 bits per heavy atom. The van der Waals surface area contributed by atoms with Crippen LogP contribution in [0.5, 0.6) is 0 Å². The van der Waals surface area contributed by atoms with Crippen LogP contribution in [0, 0.1) is 5.92 Å². The third-order valence-corrected chi connectivity index (χ3v) is 5.06. The Balaban J connectivity index is 1.66. The van der Waals surface area contributed by atoms with E-state index in [9.17, 15) is 8.78 Å². The van der Waals surface area contributed by atoms with E-state index in [4.69, 9.17) is 0 Å². The molecule has 0 radical (unpaired) electrons. The third kappa shape index (κ3) is 3.73. The highest BCUT2D eigenvalue weighted by Gasteiger charge is 2.41. The summed E-state index contributed by atoms with van der Waals surface area (Å²) in [7, 11) is 1.86. The van der Waals surface area contributed by atoms with Crippen LogP contribution in [0.25, 0.3) is 22.3 Å². The number of pyridine rings is 1. The lowest BCUT2D eigenvalue weighted by atomic mass is 9.95. The van der Waals surface area contributed by atoms with Crippen molar-refractivity contribution in [3.8, 4) is 11.3 Å². The maximum Gasteiger partial charge on any atom is 0.255 e. The molecule has 8 heteroatoms. The Morgan fingerprint density at radius 3 is 2.71 bits per heavy atom. The lowest BCUT2D eigenvalue weighted by Gasteiger charge is -2.32. The highest BCUT2D eigenvalue weighted by Crippen LogP contribution is 2.32. The molecule has 1 saturated heterocycles. The number of benzene rings is 1. The fraction of sp³-hybridized carbons (Fsp3) is 0.350. The number of fused-ring (bicyclic) bond motifs is 1. The summed E-state index contributed by atoms with van der Waals surface area (Å²) in [6.07, 6.45) is 3.04. The average Bonchev–Trinajstić information content (AvgIpc) is 2.72. The molecule has 1 atom stereocenters. The van der Waals surface area contributed by atoms with E-state index in [-0.39, 0.29) is 19.5 Å². The maximum atomic E-state index is 14.2. The molecule has 4 rings (SSSR count). The standard InChI is InChI=1S/C20H22F2N6/c1-23-15-4-2-13(3-5-15)16-10-17-18(26-9-8-25-17)19(28-16)27-12-14-11-24-7-6-20(14,21)22/h2-5,8-10,14,23-24H,6-7,11-12H2,1H3,(H,27,28)/t14-/m1/s1. The molecule has 0 bridgehead atoms. The van der Waals surface area contributed by atoms with Crippen LogP contribution in [0.4, 0.5) is 20.3 Å². The van der Waals surface area contributed by atoms with E-state index in [2.05, 4.69) is 30.9 Å². The minimum Gasteiger partial charge on any atom is -0.388 e. The molecular weight excluding hydrogens is 362 g/mol. The van der Waals surface area contributed by atoms with Gasteiger partial charge in [0.15, 0.2) is 5.82 Å². The predicted molar refractivity (Wildman–Crippen MR) is 107 cm³/mol. The number of anilines is 2. The van der Waals surface area contributed by atoms with Gasteiger partial charge in [-0.2, -0.15) is 0 Å². The summed E-state index contributed by atoms with van der Waals surface area (Å²) in [6.45, 7) is 0.726. The number of hydrogen-bond donors (Lipinski definition) is 3. The zero-order valence-corrected chi connectivity index (χ0v) is 15.5.